The summed E-state index contributed by atoms with van der Waals surface area (Å²) in [4.78, 5) is 3.97. The maximum Gasteiger partial charge on any atom is 0.131 e. The van der Waals surface area contributed by atoms with Crippen LogP contribution >= 0.6 is 30.1 Å². The molecule has 0 saturated carbocycles. The molecule has 0 bridgehead atoms. The normalized spacial score (nSPS) is 6.75. The summed E-state index contributed by atoms with van der Waals surface area (Å²) in [6.45, 7) is 8.00. The number of aromatic nitrogens is 1. The first-order valence-electron chi connectivity index (χ1n) is 5.02. The van der Waals surface area contributed by atoms with Crippen molar-refractivity contribution in [3.8, 4) is 17.2 Å². The molecule has 2 nitrogen and oxygen atoms in total. The quantitative estimate of drug-likeness (QED) is 0.516. The zero-order chi connectivity index (χ0) is 12.8. The van der Waals surface area contributed by atoms with Gasteiger partial charge >= 0.3 is 0 Å². The fourth-order valence-corrected chi connectivity index (χ4v) is 1.13. The Morgan fingerprint density at radius 1 is 1.31 bits per heavy atom. The predicted molar refractivity (Wildman–Crippen MR) is 80.1 cm³/mol. The molecule has 1 heterocycles. The standard InChI is InChI=1S/C8H3IN2S.2C2H6/c9-12-5-3-8-7(6-10)2-1-4-11-8;2*1-2/h1-2,4H;2*1-2H3. The maximum atomic E-state index is 8.65. The summed E-state index contributed by atoms with van der Waals surface area (Å²) in [5.74, 6) is 2.79. The van der Waals surface area contributed by atoms with Crippen molar-refractivity contribution in [3.05, 3.63) is 29.6 Å². The SMILES string of the molecule is CC.CC.N#Cc1cccnc1C#CSI. The second-order valence-corrected chi connectivity index (χ2v) is 3.50. The Balaban J connectivity index is 0. The molecule has 0 aliphatic rings. The van der Waals surface area contributed by atoms with Crippen LogP contribution in [0, 0.1) is 22.5 Å². The Hall–Kier alpha value is -0.720. The number of rotatable bonds is 0. The van der Waals surface area contributed by atoms with E-state index in [2.05, 4.69) is 37.4 Å². The van der Waals surface area contributed by atoms with Gasteiger partial charge in [0.05, 0.1) is 5.56 Å². The minimum atomic E-state index is 0.524. The monoisotopic (exact) mass is 346 g/mol. The largest absolute Gasteiger partial charge is 0.246 e. The van der Waals surface area contributed by atoms with Crippen molar-refractivity contribution in [1.82, 2.24) is 4.98 Å². The zero-order valence-electron chi connectivity index (χ0n) is 9.91. The van der Waals surface area contributed by atoms with E-state index in [1.54, 1.807) is 18.3 Å². The number of halogens is 1. The van der Waals surface area contributed by atoms with Crippen LogP contribution < -0.4 is 0 Å². The third-order valence-corrected chi connectivity index (χ3v) is 1.98. The average Bonchev–Trinajstić information content (AvgIpc) is 2.41. The van der Waals surface area contributed by atoms with Crippen molar-refractivity contribution >= 4 is 30.1 Å². The fraction of sp³-hybridized carbons (Fsp3) is 0.333. The third kappa shape index (κ3) is 7.56. The van der Waals surface area contributed by atoms with Gasteiger partial charge in [0.15, 0.2) is 0 Å². The first-order chi connectivity index (χ1) is 7.88. The van der Waals surface area contributed by atoms with Gasteiger partial charge in [-0.15, -0.1) is 0 Å². The minimum Gasteiger partial charge on any atom is -0.246 e. The highest BCUT2D eigenvalue weighted by Crippen LogP contribution is 2.08. The van der Waals surface area contributed by atoms with Gasteiger partial charge in [-0.25, -0.2) is 4.98 Å². The molecule has 0 saturated heterocycles. The molecule has 16 heavy (non-hydrogen) atoms. The van der Waals surface area contributed by atoms with Crippen LogP contribution in [0.2, 0.25) is 0 Å². The number of pyridine rings is 1. The summed E-state index contributed by atoms with van der Waals surface area (Å²) in [7, 11) is 1.38. The second-order valence-electron chi connectivity index (χ2n) is 1.82. The molecule has 0 aliphatic heterocycles. The van der Waals surface area contributed by atoms with Crippen molar-refractivity contribution in [1.29, 1.82) is 5.26 Å². The molecular formula is C12H15IN2S. The smallest absolute Gasteiger partial charge is 0.131 e. The molecule has 0 aliphatic carbocycles. The van der Waals surface area contributed by atoms with Crippen LogP contribution in [-0.2, 0) is 0 Å². The number of hydrogen-bond donors (Lipinski definition) is 0. The van der Waals surface area contributed by atoms with Crippen molar-refractivity contribution in [2.75, 3.05) is 0 Å². The van der Waals surface area contributed by atoms with Gasteiger partial charge in [-0.2, -0.15) is 5.26 Å². The maximum absolute atomic E-state index is 8.65. The summed E-state index contributed by atoms with van der Waals surface area (Å²) in [6.07, 6.45) is 1.63. The molecule has 0 N–H and O–H groups in total. The molecule has 0 spiro atoms. The molecule has 1 aromatic heterocycles. The third-order valence-electron chi connectivity index (χ3n) is 1.14. The van der Waals surface area contributed by atoms with Gasteiger partial charge < -0.3 is 0 Å². The lowest BCUT2D eigenvalue weighted by molar-refractivity contribution is 1.26. The molecular weight excluding hydrogens is 331 g/mol. The van der Waals surface area contributed by atoms with Crippen LogP contribution in [0.5, 0.6) is 0 Å². The van der Waals surface area contributed by atoms with Gasteiger partial charge in [0.25, 0.3) is 0 Å². The van der Waals surface area contributed by atoms with Crippen molar-refractivity contribution in [3.63, 3.8) is 0 Å². The summed E-state index contributed by atoms with van der Waals surface area (Å²) < 4.78 is 0. The molecule has 0 radical (unpaired) electrons. The van der Waals surface area contributed by atoms with Crippen LogP contribution in [0.3, 0.4) is 0 Å². The molecule has 86 valence electrons. The van der Waals surface area contributed by atoms with E-state index in [9.17, 15) is 0 Å². The first-order valence-corrected chi connectivity index (χ1v) is 8.38. The Morgan fingerprint density at radius 3 is 2.44 bits per heavy atom. The van der Waals surface area contributed by atoms with Crippen LogP contribution in [0.4, 0.5) is 0 Å². The zero-order valence-corrected chi connectivity index (χ0v) is 12.9. The summed E-state index contributed by atoms with van der Waals surface area (Å²) in [5, 5.41) is 11.4. The molecule has 0 atom stereocenters. The number of nitriles is 1. The van der Waals surface area contributed by atoms with E-state index in [0.29, 0.717) is 11.3 Å². The average molecular weight is 346 g/mol. The molecule has 1 aromatic rings. The number of hydrogen-bond acceptors (Lipinski definition) is 3. The van der Waals surface area contributed by atoms with Crippen molar-refractivity contribution in [2.45, 2.75) is 27.7 Å². The molecule has 4 heteroatoms. The lowest BCUT2D eigenvalue weighted by Gasteiger charge is -1.90. The van der Waals surface area contributed by atoms with Gasteiger partial charge in [0.2, 0.25) is 0 Å². The lowest BCUT2D eigenvalue weighted by Crippen LogP contribution is -1.86. The highest BCUT2D eigenvalue weighted by atomic mass is 127. The Labute approximate surface area is 114 Å². The lowest BCUT2D eigenvalue weighted by atomic mass is 10.2. The molecule has 1 rings (SSSR count). The van der Waals surface area contributed by atoms with Crippen LogP contribution in [0.25, 0.3) is 0 Å². The van der Waals surface area contributed by atoms with Crippen molar-refractivity contribution in [2.24, 2.45) is 0 Å². The highest BCUT2D eigenvalue weighted by Gasteiger charge is 1.96. The minimum absolute atomic E-state index is 0.524. The molecule has 0 fully saturated rings. The molecule has 0 amide bonds. The summed E-state index contributed by atoms with van der Waals surface area (Å²) >= 11 is 2.07. The van der Waals surface area contributed by atoms with Gasteiger partial charge in [-0.05, 0) is 32.2 Å². The highest BCUT2D eigenvalue weighted by molar-refractivity contribution is 14.2. The Bertz CT molecular complexity index is 375. The molecule has 0 aromatic carbocycles. The second kappa shape index (κ2) is 14.3. The summed E-state index contributed by atoms with van der Waals surface area (Å²) in [5.41, 5.74) is 1.07. The van der Waals surface area contributed by atoms with Gasteiger partial charge in [0.1, 0.15) is 11.8 Å². The van der Waals surface area contributed by atoms with E-state index >= 15 is 0 Å². The van der Waals surface area contributed by atoms with E-state index in [0.717, 1.165) is 0 Å². The topological polar surface area (TPSA) is 36.7 Å². The number of nitrogens with zero attached hydrogens (tertiary/aromatic N) is 2. The van der Waals surface area contributed by atoms with Crippen LogP contribution in [0.15, 0.2) is 18.3 Å². The van der Waals surface area contributed by atoms with Crippen LogP contribution in [0.1, 0.15) is 39.0 Å². The first kappa shape index (κ1) is 17.7. The van der Waals surface area contributed by atoms with E-state index in [4.69, 9.17) is 5.26 Å². The van der Waals surface area contributed by atoms with Gasteiger partial charge in [-0.3, -0.25) is 0 Å². The van der Waals surface area contributed by atoms with Crippen molar-refractivity contribution < 1.29 is 0 Å². The van der Waals surface area contributed by atoms with Crippen LogP contribution in [-0.4, -0.2) is 4.98 Å². The van der Waals surface area contributed by atoms with Gasteiger partial charge in [0, 0.05) is 27.4 Å². The van der Waals surface area contributed by atoms with E-state index < -0.39 is 0 Å². The van der Waals surface area contributed by atoms with E-state index in [1.807, 2.05) is 33.8 Å². The summed E-state index contributed by atoms with van der Waals surface area (Å²) in [6, 6.07) is 5.45. The predicted octanol–water partition coefficient (Wildman–Crippen LogP) is 4.40. The fourth-order valence-electron chi connectivity index (χ4n) is 0.663. The Kier molecular flexibility index (Phi) is 15.8. The molecule has 0 unspecified atom stereocenters. The van der Waals surface area contributed by atoms with E-state index in [-0.39, 0.29) is 0 Å². The van der Waals surface area contributed by atoms with E-state index in [1.165, 1.54) is 8.93 Å². The Morgan fingerprint density at radius 2 is 1.94 bits per heavy atom. The van der Waals surface area contributed by atoms with Gasteiger partial charge in [-0.1, -0.05) is 27.7 Å².